The smallest absolute Gasteiger partial charge is 0.245 e. The van der Waals surface area contributed by atoms with E-state index in [-0.39, 0.29) is 23.7 Å². The van der Waals surface area contributed by atoms with Crippen LogP contribution in [-0.2, 0) is 14.8 Å². The number of nitrogens with zero attached hydrogens (tertiary/aromatic N) is 1. The van der Waals surface area contributed by atoms with E-state index in [1.165, 1.54) is 0 Å². The summed E-state index contributed by atoms with van der Waals surface area (Å²) in [6.45, 7) is 5.29. The summed E-state index contributed by atoms with van der Waals surface area (Å²) >= 11 is 0. The van der Waals surface area contributed by atoms with E-state index in [9.17, 15) is 13.2 Å². The van der Waals surface area contributed by atoms with Crippen LogP contribution in [0.15, 0.2) is 17.0 Å². The van der Waals surface area contributed by atoms with Gasteiger partial charge >= 0.3 is 0 Å². The number of aryl methyl sites for hydroxylation is 2. The van der Waals surface area contributed by atoms with Crippen LogP contribution >= 0.6 is 0 Å². The predicted octanol–water partition coefficient (Wildman–Crippen LogP) is 1.16. The highest BCUT2D eigenvalue weighted by molar-refractivity contribution is 7.89. The maximum Gasteiger partial charge on any atom is 0.245 e. The normalized spacial score (nSPS) is 11.8. The molecule has 0 saturated heterocycles. The Morgan fingerprint density at radius 2 is 1.81 bits per heavy atom. The molecule has 0 aliphatic rings. The SMILES string of the molecule is CCCCN(CC(N)=O)S(=O)(=O)c1c(C)ccc(C)c1N. The molecule has 7 heteroatoms. The summed E-state index contributed by atoms with van der Waals surface area (Å²) in [4.78, 5) is 11.2. The molecule has 0 saturated carbocycles. The van der Waals surface area contributed by atoms with Crippen molar-refractivity contribution in [1.29, 1.82) is 0 Å². The second-order valence-corrected chi connectivity index (χ2v) is 6.98. The molecule has 0 aliphatic heterocycles. The Labute approximate surface area is 126 Å². The lowest BCUT2D eigenvalue weighted by atomic mass is 10.1. The van der Waals surface area contributed by atoms with Gasteiger partial charge in [-0.1, -0.05) is 25.5 Å². The van der Waals surface area contributed by atoms with Crippen LogP contribution in [0.2, 0.25) is 0 Å². The van der Waals surface area contributed by atoms with Gasteiger partial charge in [0.25, 0.3) is 0 Å². The third-order valence-electron chi connectivity index (χ3n) is 3.30. The largest absolute Gasteiger partial charge is 0.397 e. The van der Waals surface area contributed by atoms with E-state index >= 15 is 0 Å². The van der Waals surface area contributed by atoms with Gasteiger partial charge in [0.1, 0.15) is 4.90 Å². The van der Waals surface area contributed by atoms with Crippen molar-refractivity contribution in [3.8, 4) is 0 Å². The monoisotopic (exact) mass is 313 g/mol. The number of sulfonamides is 1. The van der Waals surface area contributed by atoms with Crippen LogP contribution in [0, 0.1) is 13.8 Å². The average Bonchev–Trinajstić information content (AvgIpc) is 2.38. The fourth-order valence-corrected chi connectivity index (χ4v) is 3.91. The molecule has 0 bridgehead atoms. The number of hydrogen-bond donors (Lipinski definition) is 2. The van der Waals surface area contributed by atoms with E-state index < -0.39 is 15.9 Å². The zero-order valence-corrected chi connectivity index (χ0v) is 13.5. The standard InChI is InChI=1S/C14H23N3O3S/c1-4-5-8-17(9-12(15)18)21(19,20)14-11(3)7-6-10(2)13(14)16/h6-7H,4-5,8-9,16H2,1-3H3,(H2,15,18). The average molecular weight is 313 g/mol. The molecule has 118 valence electrons. The van der Waals surface area contributed by atoms with Gasteiger partial charge in [0.2, 0.25) is 15.9 Å². The second kappa shape index (κ2) is 6.91. The van der Waals surface area contributed by atoms with E-state index in [4.69, 9.17) is 11.5 Å². The van der Waals surface area contributed by atoms with Gasteiger partial charge in [0, 0.05) is 6.54 Å². The zero-order chi connectivity index (χ0) is 16.2. The van der Waals surface area contributed by atoms with Gasteiger partial charge in [-0.3, -0.25) is 4.79 Å². The van der Waals surface area contributed by atoms with Crippen molar-refractivity contribution in [1.82, 2.24) is 4.31 Å². The molecule has 1 aromatic rings. The molecule has 0 aliphatic carbocycles. The van der Waals surface area contributed by atoms with E-state index in [0.29, 0.717) is 17.5 Å². The van der Waals surface area contributed by atoms with Crippen LogP contribution in [0.5, 0.6) is 0 Å². The minimum absolute atomic E-state index is 0.0693. The number of carbonyl (C=O) groups excluding carboxylic acids is 1. The number of hydrogen-bond acceptors (Lipinski definition) is 4. The quantitative estimate of drug-likeness (QED) is 0.737. The lowest BCUT2D eigenvalue weighted by Gasteiger charge is -2.23. The molecule has 0 fully saturated rings. The molecule has 0 heterocycles. The van der Waals surface area contributed by atoms with Gasteiger partial charge < -0.3 is 11.5 Å². The number of nitrogen functional groups attached to an aromatic ring is 1. The molecule has 1 amide bonds. The highest BCUT2D eigenvalue weighted by atomic mass is 32.2. The highest BCUT2D eigenvalue weighted by Crippen LogP contribution is 2.28. The molecule has 0 radical (unpaired) electrons. The highest BCUT2D eigenvalue weighted by Gasteiger charge is 2.29. The van der Waals surface area contributed by atoms with Crippen molar-refractivity contribution in [2.75, 3.05) is 18.8 Å². The first kappa shape index (κ1) is 17.5. The molecule has 1 rings (SSSR count). The van der Waals surface area contributed by atoms with Gasteiger partial charge in [-0.15, -0.1) is 0 Å². The van der Waals surface area contributed by atoms with Gasteiger partial charge in [-0.05, 0) is 31.4 Å². The minimum atomic E-state index is -3.84. The van der Waals surface area contributed by atoms with Crippen molar-refractivity contribution in [2.24, 2.45) is 5.73 Å². The Morgan fingerprint density at radius 3 is 2.33 bits per heavy atom. The number of nitrogens with two attached hydrogens (primary N) is 2. The first-order valence-electron chi connectivity index (χ1n) is 6.86. The second-order valence-electron chi connectivity index (χ2n) is 5.10. The molecule has 21 heavy (non-hydrogen) atoms. The van der Waals surface area contributed by atoms with Crippen molar-refractivity contribution >= 4 is 21.6 Å². The Balaban J connectivity index is 3.35. The van der Waals surface area contributed by atoms with Gasteiger partial charge in [-0.25, -0.2) is 8.42 Å². The number of unbranched alkanes of at least 4 members (excludes halogenated alkanes) is 1. The fraction of sp³-hybridized carbons (Fsp3) is 0.500. The Hall–Kier alpha value is -1.60. The summed E-state index contributed by atoms with van der Waals surface area (Å²) in [5, 5.41) is 0. The van der Waals surface area contributed by atoms with Crippen LogP contribution in [0.3, 0.4) is 0 Å². The fourth-order valence-electron chi connectivity index (χ4n) is 2.07. The number of primary amides is 1. The van der Waals surface area contributed by atoms with E-state index in [0.717, 1.165) is 10.7 Å². The number of benzene rings is 1. The third kappa shape index (κ3) is 3.95. The maximum absolute atomic E-state index is 12.8. The molecular weight excluding hydrogens is 290 g/mol. The van der Waals surface area contributed by atoms with E-state index in [1.807, 2.05) is 6.92 Å². The molecular formula is C14H23N3O3S. The summed E-state index contributed by atoms with van der Waals surface area (Å²) in [7, 11) is -3.84. The molecule has 4 N–H and O–H groups in total. The number of carbonyl (C=O) groups is 1. The van der Waals surface area contributed by atoms with Crippen molar-refractivity contribution in [3.63, 3.8) is 0 Å². The molecule has 0 unspecified atom stereocenters. The van der Waals surface area contributed by atoms with Gasteiger partial charge in [0.15, 0.2) is 0 Å². The maximum atomic E-state index is 12.8. The molecule has 1 aromatic carbocycles. The molecule has 0 atom stereocenters. The zero-order valence-electron chi connectivity index (χ0n) is 12.7. The summed E-state index contributed by atoms with van der Waals surface area (Å²) in [5.41, 5.74) is 12.6. The molecule has 0 spiro atoms. The summed E-state index contributed by atoms with van der Waals surface area (Å²) in [6.07, 6.45) is 1.46. The lowest BCUT2D eigenvalue weighted by Crippen LogP contribution is -2.39. The van der Waals surface area contributed by atoms with Crippen LogP contribution in [0.1, 0.15) is 30.9 Å². The third-order valence-corrected chi connectivity index (χ3v) is 5.35. The minimum Gasteiger partial charge on any atom is -0.397 e. The molecule has 0 aromatic heterocycles. The summed E-state index contributed by atoms with van der Waals surface area (Å²) in [6, 6.07) is 3.48. The van der Waals surface area contributed by atoms with Crippen LogP contribution < -0.4 is 11.5 Å². The summed E-state index contributed by atoms with van der Waals surface area (Å²) in [5.74, 6) is -0.682. The Kier molecular flexibility index (Phi) is 5.74. The number of rotatable bonds is 7. The predicted molar refractivity (Wildman–Crippen MR) is 83.2 cm³/mol. The van der Waals surface area contributed by atoms with Crippen LogP contribution in [0.4, 0.5) is 5.69 Å². The number of anilines is 1. The first-order valence-corrected chi connectivity index (χ1v) is 8.30. The van der Waals surface area contributed by atoms with Gasteiger partial charge in [0.05, 0.1) is 12.2 Å². The Morgan fingerprint density at radius 1 is 1.24 bits per heavy atom. The molecule has 6 nitrogen and oxygen atoms in total. The van der Waals surface area contributed by atoms with Crippen LogP contribution in [-0.4, -0.2) is 31.7 Å². The van der Waals surface area contributed by atoms with Crippen molar-refractivity contribution in [2.45, 2.75) is 38.5 Å². The van der Waals surface area contributed by atoms with E-state index in [2.05, 4.69) is 0 Å². The van der Waals surface area contributed by atoms with Crippen LogP contribution in [0.25, 0.3) is 0 Å². The first-order chi connectivity index (χ1) is 9.71. The lowest BCUT2D eigenvalue weighted by molar-refractivity contribution is -0.118. The number of amides is 1. The van der Waals surface area contributed by atoms with Crippen molar-refractivity contribution < 1.29 is 13.2 Å². The van der Waals surface area contributed by atoms with Crippen molar-refractivity contribution in [3.05, 3.63) is 23.3 Å². The summed E-state index contributed by atoms with van der Waals surface area (Å²) < 4.78 is 26.7. The van der Waals surface area contributed by atoms with E-state index in [1.54, 1.807) is 26.0 Å². The van der Waals surface area contributed by atoms with Gasteiger partial charge in [-0.2, -0.15) is 4.31 Å². The Bertz CT molecular complexity index is 627. The topological polar surface area (TPSA) is 106 Å².